The van der Waals surface area contributed by atoms with Crippen LogP contribution < -0.4 is 5.32 Å². The number of rotatable bonds is 2. The van der Waals surface area contributed by atoms with E-state index in [-0.39, 0.29) is 5.91 Å². The number of fused-ring (bicyclic) bond motifs is 1. The van der Waals surface area contributed by atoms with E-state index >= 15 is 0 Å². The van der Waals surface area contributed by atoms with Crippen molar-refractivity contribution in [1.82, 2.24) is 5.32 Å². The molecule has 0 spiro atoms. The largest absolute Gasteiger partial charge is 0.321 e. The minimum Gasteiger partial charge on any atom is -0.321 e. The first-order chi connectivity index (χ1) is 10.3. The molecule has 0 radical (unpaired) electrons. The van der Waals surface area contributed by atoms with E-state index in [1.54, 1.807) is 11.3 Å². The Morgan fingerprint density at radius 2 is 2.05 bits per heavy atom. The van der Waals surface area contributed by atoms with Crippen molar-refractivity contribution >= 4 is 29.0 Å². The van der Waals surface area contributed by atoms with Gasteiger partial charge in [0.2, 0.25) is 0 Å². The summed E-state index contributed by atoms with van der Waals surface area (Å²) >= 11 is 1.64. The lowest BCUT2D eigenvalue weighted by Crippen LogP contribution is -2.15. The van der Waals surface area contributed by atoms with Crippen LogP contribution in [0, 0.1) is 0 Å². The summed E-state index contributed by atoms with van der Waals surface area (Å²) in [5, 5.41) is 5.00. The molecule has 0 bridgehead atoms. The van der Waals surface area contributed by atoms with E-state index in [9.17, 15) is 4.79 Å². The van der Waals surface area contributed by atoms with Gasteiger partial charge in [0.1, 0.15) is 0 Å². The number of carbonyl (C=O) groups excluding carboxylic acids is 1. The predicted octanol–water partition coefficient (Wildman–Crippen LogP) is 3.79. The quantitative estimate of drug-likeness (QED) is 0.839. The second kappa shape index (κ2) is 5.01. The maximum atomic E-state index is 12.1. The summed E-state index contributed by atoms with van der Waals surface area (Å²) in [5.74, 6) is -0.0149. The van der Waals surface area contributed by atoms with Crippen molar-refractivity contribution in [3.8, 4) is 0 Å². The highest BCUT2D eigenvalue weighted by molar-refractivity contribution is 7.10. The molecule has 0 atom stereocenters. The number of aryl methyl sites for hydroxylation is 2. The molecule has 0 fully saturated rings. The van der Waals surface area contributed by atoms with Gasteiger partial charge in [-0.25, -0.2) is 0 Å². The molecule has 3 heteroatoms. The Balaban J connectivity index is 1.68. The molecule has 21 heavy (non-hydrogen) atoms. The predicted molar refractivity (Wildman–Crippen MR) is 86.9 cm³/mol. The minimum absolute atomic E-state index is 0.0149. The Kier molecular flexibility index (Phi) is 3.00. The molecule has 1 N–H and O–H groups in total. The number of nitrogens with one attached hydrogen (secondary N) is 1. The SMILES string of the molecule is O=C1NC(c2ccc3c(c2)CCC3)=CC1=Cc1cccs1. The molecule has 104 valence electrons. The zero-order valence-corrected chi connectivity index (χ0v) is 12.4. The molecular weight excluding hydrogens is 278 g/mol. The molecule has 0 unspecified atom stereocenters. The van der Waals surface area contributed by atoms with Gasteiger partial charge in [0.05, 0.1) is 0 Å². The van der Waals surface area contributed by atoms with Crippen molar-refractivity contribution in [3.63, 3.8) is 0 Å². The molecule has 2 aromatic rings. The van der Waals surface area contributed by atoms with Gasteiger partial charge < -0.3 is 5.32 Å². The minimum atomic E-state index is -0.0149. The average molecular weight is 293 g/mol. The highest BCUT2D eigenvalue weighted by atomic mass is 32.1. The second-order valence-electron chi connectivity index (χ2n) is 5.46. The normalized spacial score (nSPS) is 18.8. The van der Waals surface area contributed by atoms with E-state index in [2.05, 4.69) is 23.5 Å². The first-order valence-corrected chi connectivity index (χ1v) is 8.08. The molecule has 4 rings (SSSR count). The van der Waals surface area contributed by atoms with Gasteiger partial charge in [0.25, 0.3) is 5.91 Å². The smallest absolute Gasteiger partial charge is 0.255 e. The second-order valence-corrected chi connectivity index (χ2v) is 6.44. The molecular formula is C18H15NOS. The van der Waals surface area contributed by atoms with E-state index in [0.717, 1.165) is 28.1 Å². The highest BCUT2D eigenvalue weighted by Crippen LogP contribution is 2.28. The first-order valence-electron chi connectivity index (χ1n) is 7.20. The Bertz CT molecular complexity index is 769. The molecule has 1 aliphatic heterocycles. The molecule has 2 nitrogen and oxygen atoms in total. The fraction of sp³-hybridized carbons (Fsp3) is 0.167. The van der Waals surface area contributed by atoms with Crippen LogP contribution in [-0.4, -0.2) is 5.91 Å². The van der Waals surface area contributed by atoms with Crippen molar-refractivity contribution < 1.29 is 4.79 Å². The number of amides is 1. The van der Waals surface area contributed by atoms with Gasteiger partial charge in [-0.1, -0.05) is 18.2 Å². The number of hydrogen-bond donors (Lipinski definition) is 1. The third kappa shape index (κ3) is 2.34. The molecule has 1 aromatic heterocycles. The fourth-order valence-corrected chi connectivity index (χ4v) is 3.65. The lowest BCUT2D eigenvalue weighted by Gasteiger charge is -2.05. The first kappa shape index (κ1) is 12.6. The van der Waals surface area contributed by atoms with Crippen LogP contribution in [0.2, 0.25) is 0 Å². The summed E-state index contributed by atoms with van der Waals surface area (Å²) in [7, 11) is 0. The van der Waals surface area contributed by atoms with Crippen LogP contribution in [0.3, 0.4) is 0 Å². The van der Waals surface area contributed by atoms with Crippen LogP contribution in [0.25, 0.3) is 11.8 Å². The summed E-state index contributed by atoms with van der Waals surface area (Å²) in [6.45, 7) is 0. The summed E-state index contributed by atoms with van der Waals surface area (Å²) < 4.78 is 0. The Morgan fingerprint density at radius 1 is 1.14 bits per heavy atom. The maximum Gasteiger partial charge on any atom is 0.255 e. The zero-order valence-electron chi connectivity index (χ0n) is 11.6. The van der Waals surface area contributed by atoms with E-state index in [4.69, 9.17) is 0 Å². The van der Waals surface area contributed by atoms with Gasteiger partial charge in [-0.3, -0.25) is 4.79 Å². The number of benzene rings is 1. The van der Waals surface area contributed by atoms with Crippen LogP contribution in [0.15, 0.2) is 47.4 Å². The molecule has 2 aliphatic rings. The van der Waals surface area contributed by atoms with Gasteiger partial charge in [0, 0.05) is 16.1 Å². The van der Waals surface area contributed by atoms with Gasteiger partial charge in [0.15, 0.2) is 0 Å². The Hall–Kier alpha value is -2.13. The number of hydrogen-bond acceptors (Lipinski definition) is 2. The van der Waals surface area contributed by atoms with Crippen molar-refractivity contribution in [2.24, 2.45) is 0 Å². The average Bonchev–Trinajstić information content (AvgIpc) is 3.20. The number of carbonyl (C=O) groups is 1. The standard InChI is InChI=1S/C18H15NOS/c20-18-15(10-16-5-2-8-21-16)11-17(19-18)14-7-6-12-3-1-4-13(12)9-14/h2,5-11H,1,3-4H2,(H,19,20). The van der Waals surface area contributed by atoms with Crippen LogP contribution in [0.4, 0.5) is 0 Å². The molecule has 0 saturated heterocycles. The van der Waals surface area contributed by atoms with Gasteiger partial charge in [-0.2, -0.15) is 0 Å². The molecule has 1 amide bonds. The third-order valence-corrected chi connectivity index (χ3v) is 4.88. The van der Waals surface area contributed by atoms with E-state index in [1.807, 2.05) is 29.7 Å². The maximum absolute atomic E-state index is 12.1. The molecule has 0 saturated carbocycles. The highest BCUT2D eigenvalue weighted by Gasteiger charge is 2.20. The van der Waals surface area contributed by atoms with Gasteiger partial charge in [-0.15, -0.1) is 11.3 Å². The van der Waals surface area contributed by atoms with Crippen molar-refractivity contribution in [3.05, 3.63) is 68.9 Å². The van der Waals surface area contributed by atoms with Crippen LogP contribution in [0.5, 0.6) is 0 Å². The summed E-state index contributed by atoms with van der Waals surface area (Å²) in [6.07, 6.45) is 7.49. The Labute approximate surface area is 127 Å². The Morgan fingerprint density at radius 3 is 2.90 bits per heavy atom. The molecule has 1 aliphatic carbocycles. The molecule has 1 aromatic carbocycles. The molecule has 2 heterocycles. The summed E-state index contributed by atoms with van der Waals surface area (Å²) in [6, 6.07) is 10.6. The lowest BCUT2D eigenvalue weighted by molar-refractivity contribution is -0.115. The van der Waals surface area contributed by atoms with Crippen molar-refractivity contribution in [2.45, 2.75) is 19.3 Å². The van der Waals surface area contributed by atoms with Crippen molar-refractivity contribution in [1.29, 1.82) is 0 Å². The van der Waals surface area contributed by atoms with E-state index < -0.39 is 0 Å². The van der Waals surface area contributed by atoms with Gasteiger partial charge >= 0.3 is 0 Å². The summed E-state index contributed by atoms with van der Waals surface area (Å²) in [5.41, 5.74) is 5.64. The van der Waals surface area contributed by atoms with Crippen molar-refractivity contribution in [2.75, 3.05) is 0 Å². The topological polar surface area (TPSA) is 29.1 Å². The van der Waals surface area contributed by atoms with Crippen LogP contribution in [0.1, 0.15) is 28.0 Å². The number of thiophene rings is 1. The lowest BCUT2D eigenvalue weighted by atomic mass is 10.0. The van der Waals surface area contributed by atoms with E-state index in [1.165, 1.54) is 24.0 Å². The third-order valence-electron chi connectivity index (χ3n) is 4.06. The zero-order chi connectivity index (χ0) is 14.2. The monoisotopic (exact) mass is 293 g/mol. The van der Waals surface area contributed by atoms with Crippen LogP contribution in [-0.2, 0) is 17.6 Å². The van der Waals surface area contributed by atoms with Gasteiger partial charge in [-0.05, 0) is 65.6 Å². The summed E-state index contributed by atoms with van der Waals surface area (Å²) in [4.78, 5) is 13.2. The van der Waals surface area contributed by atoms with E-state index in [0.29, 0.717) is 0 Å². The van der Waals surface area contributed by atoms with Crippen LogP contribution >= 0.6 is 11.3 Å². The fourth-order valence-electron chi connectivity index (χ4n) is 2.98.